The molecule has 64 heavy (non-hydrogen) atoms. The maximum Gasteiger partial charge on any atom is 0.306 e. The standard InChI is InChI=1S/C26H27N5O3S.C21H20N4O3S/c1-2-34-21-10-17-13-27-12-16(17)9-20(21)30-24-23-19-4-3-15(11-22(19)35-25(23)29-14-28-24)26(33)31-7-5-18(32)6-8-31;1-2-28-16-6-13-9-22-8-12(13)5-15(16)25-19-18-14-4-3-11(21(26)27)7-17(14)29-20(18)24-10-23-19/h9-10,12,14-15H,2-8,11,13H2,1H3,(H,28,29,30);5-6,8,10-11H,2-4,7,9H2,1H3,(H,26,27)(H,23,24,25)/t15-;11-/m00/s1. The molecule has 3 N–H and O–H groups in total. The summed E-state index contributed by atoms with van der Waals surface area (Å²) in [6.07, 6.45) is 12.1. The number of carboxylic acids is 1. The molecule has 0 saturated carbocycles. The van der Waals surface area contributed by atoms with Crippen LogP contribution < -0.4 is 20.1 Å². The Morgan fingerprint density at radius 3 is 1.72 bits per heavy atom. The van der Waals surface area contributed by atoms with Gasteiger partial charge in [0.1, 0.15) is 51.2 Å². The molecule has 17 heteroatoms. The van der Waals surface area contributed by atoms with Crippen LogP contribution in [0.1, 0.15) is 82.7 Å². The van der Waals surface area contributed by atoms with Gasteiger partial charge in [0.15, 0.2) is 0 Å². The van der Waals surface area contributed by atoms with Gasteiger partial charge in [0.05, 0.1) is 54.4 Å². The molecular weight excluding hydrogens is 851 g/mol. The number of aliphatic carboxylic acids is 1. The van der Waals surface area contributed by atoms with E-state index in [9.17, 15) is 19.5 Å². The predicted molar refractivity (Wildman–Crippen MR) is 249 cm³/mol. The number of nitrogens with zero attached hydrogens (tertiary/aromatic N) is 7. The van der Waals surface area contributed by atoms with E-state index in [0.717, 1.165) is 108 Å². The van der Waals surface area contributed by atoms with Crippen molar-refractivity contribution in [3.63, 3.8) is 0 Å². The molecule has 5 aliphatic rings. The van der Waals surface area contributed by atoms with Crippen molar-refractivity contribution in [1.29, 1.82) is 0 Å². The average Bonchev–Trinajstić information content (AvgIpc) is 4.11. The second-order valence-corrected chi connectivity index (χ2v) is 18.7. The number of amides is 1. The summed E-state index contributed by atoms with van der Waals surface area (Å²) in [6, 6.07) is 8.21. The molecule has 2 aromatic carbocycles. The number of hydrogen-bond acceptors (Lipinski definition) is 15. The van der Waals surface area contributed by atoms with Gasteiger partial charge in [0.25, 0.3) is 0 Å². The fourth-order valence-electron chi connectivity index (χ4n) is 9.34. The minimum absolute atomic E-state index is 0.0336. The monoisotopic (exact) mass is 897 g/mol. The number of anilines is 4. The largest absolute Gasteiger partial charge is 0.492 e. The molecule has 0 radical (unpaired) electrons. The molecule has 0 spiro atoms. The Hall–Kier alpha value is -6.33. The van der Waals surface area contributed by atoms with E-state index >= 15 is 0 Å². The number of hydrogen-bond donors (Lipinski definition) is 3. The van der Waals surface area contributed by atoms with E-state index in [1.165, 1.54) is 16.0 Å². The predicted octanol–water partition coefficient (Wildman–Crippen LogP) is 8.02. The van der Waals surface area contributed by atoms with Gasteiger partial charge in [0.2, 0.25) is 5.91 Å². The van der Waals surface area contributed by atoms with Gasteiger partial charge >= 0.3 is 5.97 Å². The van der Waals surface area contributed by atoms with Crippen molar-refractivity contribution in [3.8, 4) is 11.5 Å². The second-order valence-electron chi connectivity index (χ2n) is 16.5. The number of nitrogens with one attached hydrogen (secondary N) is 2. The summed E-state index contributed by atoms with van der Waals surface area (Å²) in [7, 11) is 0. The zero-order valence-electron chi connectivity index (χ0n) is 35.6. The fraction of sp³-hybridized carbons (Fsp3) is 0.383. The number of thiophene rings is 2. The van der Waals surface area contributed by atoms with Crippen LogP contribution in [0.4, 0.5) is 23.0 Å². The number of likely N-dealkylation sites (tertiary alicyclic amines) is 1. The van der Waals surface area contributed by atoms with Crippen LogP contribution in [-0.4, -0.2) is 86.3 Å². The smallest absolute Gasteiger partial charge is 0.306 e. The molecule has 11 rings (SSSR count). The Kier molecular flexibility index (Phi) is 11.5. The lowest BCUT2D eigenvalue weighted by Gasteiger charge is -2.31. The van der Waals surface area contributed by atoms with E-state index in [1.807, 2.05) is 43.3 Å². The zero-order valence-corrected chi connectivity index (χ0v) is 37.2. The summed E-state index contributed by atoms with van der Waals surface area (Å²) in [6.45, 7) is 7.55. The van der Waals surface area contributed by atoms with Gasteiger partial charge in [-0.2, -0.15) is 0 Å². The van der Waals surface area contributed by atoms with Gasteiger partial charge in [-0.15, -0.1) is 22.7 Å². The molecule has 0 unspecified atom stereocenters. The number of aliphatic imine (C=N–C) groups is 2. The van der Waals surface area contributed by atoms with Crippen molar-refractivity contribution in [2.75, 3.05) is 36.9 Å². The fourth-order valence-corrected chi connectivity index (χ4v) is 11.9. The van der Waals surface area contributed by atoms with E-state index in [2.05, 4.69) is 52.7 Å². The van der Waals surface area contributed by atoms with E-state index in [4.69, 9.17) is 9.47 Å². The van der Waals surface area contributed by atoms with Crippen LogP contribution in [0.2, 0.25) is 0 Å². The first-order valence-electron chi connectivity index (χ1n) is 21.9. The molecule has 1 saturated heterocycles. The molecule has 15 nitrogen and oxygen atoms in total. The van der Waals surface area contributed by atoms with Crippen molar-refractivity contribution < 1.29 is 29.0 Å². The van der Waals surface area contributed by atoms with Crippen LogP contribution in [0.3, 0.4) is 0 Å². The highest BCUT2D eigenvalue weighted by molar-refractivity contribution is 7.19. The number of aryl methyl sites for hydroxylation is 2. The van der Waals surface area contributed by atoms with Crippen LogP contribution >= 0.6 is 22.7 Å². The van der Waals surface area contributed by atoms with Gasteiger partial charge in [-0.3, -0.25) is 24.4 Å². The lowest BCUT2D eigenvalue weighted by atomic mass is 9.86. The van der Waals surface area contributed by atoms with Crippen molar-refractivity contribution in [3.05, 3.63) is 80.1 Å². The van der Waals surface area contributed by atoms with Gasteiger partial charge in [-0.1, -0.05) is 0 Å². The van der Waals surface area contributed by atoms with Crippen LogP contribution in [-0.2, 0) is 53.2 Å². The first-order valence-corrected chi connectivity index (χ1v) is 23.5. The number of benzene rings is 2. The first kappa shape index (κ1) is 41.7. The number of carboxylic acid groups (broad SMARTS) is 1. The molecule has 6 aromatic rings. The number of Topliss-reactive ketones (excluding diaryl/α,β-unsaturated/α-hetero) is 1. The number of carbonyl (C=O) groups is 3. The Morgan fingerprint density at radius 2 is 1.22 bits per heavy atom. The summed E-state index contributed by atoms with van der Waals surface area (Å²) >= 11 is 3.23. The van der Waals surface area contributed by atoms with E-state index in [0.29, 0.717) is 65.1 Å². The maximum atomic E-state index is 13.1. The lowest BCUT2D eigenvalue weighted by Crippen LogP contribution is -2.43. The third kappa shape index (κ3) is 8.06. The number of ketones is 1. The van der Waals surface area contributed by atoms with E-state index < -0.39 is 5.97 Å². The topological polar surface area (TPSA) is 193 Å². The van der Waals surface area contributed by atoms with Gasteiger partial charge in [-0.25, -0.2) is 19.9 Å². The quantitative estimate of drug-likeness (QED) is 0.120. The van der Waals surface area contributed by atoms with Gasteiger partial charge in [-0.05, 0) is 110 Å². The Bertz CT molecular complexity index is 2900. The Labute approximate surface area is 377 Å². The summed E-state index contributed by atoms with van der Waals surface area (Å²) < 4.78 is 11.8. The molecule has 0 bridgehead atoms. The molecule has 1 amide bonds. The summed E-state index contributed by atoms with van der Waals surface area (Å²) in [4.78, 5) is 69.0. The molecule has 328 valence electrons. The highest BCUT2D eigenvalue weighted by atomic mass is 32.1. The van der Waals surface area contributed by atoms with Crippen LogP contribution in [0, 0.1) is 11.8 Å². The molecule has 2 atom stereocenters. The SMILES string of the molecule is CCOc1cc2c(cc1Nc1ncnc3sc4c(c13)CC[C@H](C(=O)N1CCC(=O)CC1)C4)C=NC2.CCOc1cc2c(cc1Nc1ncnc3sc4c(c13)CC[C@H](C(=O)O)C4)C=NC2. The van der Waals surface area contributed by atoms with Crippen LogP contribution in [0.15, 0.2) is 46.9 Å². The van der Waals surface area contributed by atoms with Crippen molar-refractivity contribution in [2.45, 2.75) is 78.3 Å². The molecule has 7 heterocycles. The van der Waals surface area contributed by atoms with Crippen molar-refractivity contribution >= 4 is 96.2 Å². The van der Waals surface area contributed by atoms with Crippen molar-refractivity contribution in [1.82, 2.24) is 24.8 Å². The molecule has 3 aliphatic heterocycles. The zero-order chi connectivity index (χ0) is 43.9. The maximum absolute atomic E-state index is 13.1. The first-order chi connectivity index (χ1) is 31.2. The Balaban J connectivity index is 0.000000154. The summed E-state index contributed by atoms with van der Waals surface area (Å²) in [5.74, 6) is 2.43. The number of rotatable bonds is 10. The molecule has 1 fully saturated rings. The number of ether oxygens (including phenoxy) is 2. The average molecular weight is 898 g/mol. The number of aromatic nitrogens is 4. The van der Waals surface area contributed by atoms with E-state index in [1.54, 1.807) is 35.3 Å². The Morgan fingerprint density at radius 1 is 0.719 bits per heavy atom. The highest BCUT2D eigenvalue weighted by Gasteiger charge is 2.33. The third-order valence-electron chi connectivity index (χ3n) is 12.6. The van der Waals surface area contributed by atoms with Gasteiger partial charge in [0, 0.05) is 54.0 Å². The third-order valence-corrected chi connectivity index (χ3v) is 14.9. The minimum Gasteiger partial charge on any atom is -0.492 e. The van der Waals surface area contributed by atoms with Crippen molar-refractivity contribution in [2.24, 2.45) is 21.8 Å². The highest BCUT2D eigenvalue weighted by Crippen LogP contribution is 2.44. The second kappa shape index (κ2) is 17.7. The van der Waals surface area contributed by atoms with Crippen LogP contribution in [0.25, 0.3) is 20.4 Å². The van der Waals surface area contributed by atoms with Gasteiger partial charge < -0.3 is 30.1 Å². The molecule has 4 aromatic heterocycles. The molecule has 2 aliphatic carbocycles. The lowest BCUT2D eigenvalue weighted by molar-refractivity contribution is -0.142. The molecular formula is C47H47N9O6S2. The number of fused-ring (bicyclic) bond motifs is 8. The van der Waals surface area contributed by atoms with E-state index in [-0.39, 0.29) is 23.5 Å². The normalized spacial score (nSPS) is 18.2. The minimum atomic E-state index is -0.723. The van der Waals surface area contributed by atoms with Crippen LogP contribution in [0.5, 0.6) is 11.5 Å². The number of carbonyl (C=O) groups excluding carboxylic acids is 2. The summed E-state index contributed by atoms with van der Waals surface area (Å²) in [5.41, 5.74) is 8.61. The number of piperidine rings is 1. The summed E-state index contributed by atoms with van der Waals surface area (Å²) in [5, 5.41) is 18.4.